The molecule has 1 amide bonds. The summed E-state index contributed by atoms with van der Waals surface area (Å²) in [7, 11) is 1.62. The summed E-state index contributed by atoms with van der Waals surface area (Å²) in [6, 6.07) is 13.5. The molecule has 2 aromatic carbocycles. The second kappa shape index (κ2) is 11.0. The quantitative estimate of drug-likeness (QED) is 0.464. The van der Waals surface area contributed by atoms with Gasteiger partial charge in [0.15, 0.2) is 6.61 Å². The van der Waals surface area contributed by atoms with Gasteiger partial charge in [-0.05, 0) is 54.8 Å². The summed E-state index contributed by atoms with van der Waals surface area (Å²) < 4.78 is 11.1. The van der Waals surface area contributed by atoms with Crippen molar-refractivity contribution < 1.29 is 19.1 Å². The molecule has 0 heterocycles. The lowest BCUT2D eigenvalue weighted by atomic mass is 10.1. The maximum Gasteiger partial charge on any atom is 0.316 e. The molecule has 1 N–H and O–H groups in total. The number of nitrogens with one attached hydrogen (secondary N) is 1. The van der Waals surface area contributed by atoms with Gasteiger partial charge in [-0.25, -0.2) is 0 Å². The molecule has 0 saturated heterocycles. The molecule has 2 aromatic rings. The van der Waals surface area contributed by atoms with Crippen LogP contribution in [0.15, 0.2) is 51.8 Å². The molecule has 144 valence electrons. The van der Waals surface area contributed by atoms with E-state index in [1.54, 1.807) is 7.11 Å². The number of ether oxygens (including phenoxy) is 2. The van der Waals surface area contributed by atoms with Crippen molar-refractivity contribution >= 4 is 39.6 Å². The Hall–Kier alpha value is -1.99. The number of esters is 1. The van der Waals surface area contributed by atoms with Crippen molar-refractivity contribution in [3.05, 3.63) is 58.1 Å². The van der Waals surface area contributed by atoms with E-state index in [-0.39, 0.29) is 18.3 Å². The molecule has 27 heavy (non-hydrogen) atoms. The van der Waals surface area contributed by atoms with E-state index in [1.807, 2.05) is 49.4 Å². The summed E-state index contributed by atoms with van der Waals surface area (Å²) in [5.41, 5.74) is 2.17. The van der Waals surface area contributed by atoms with E-state index >= 15 is 0 Å². The van der Waals surface area contributed by atoms with E-state index in [0.29, 0.717) is 13.0 Å². The van der Waals surface area contributed by atoms with Crippen LogP contribution in [0.5, 0.6) is 5.75 Å². The molecule has 5 nitrogen and oxygen atoms in total. The van der Waals surface area contributed by atoms with Crippen molar-refractivity contribution in [2.75, 3.05) is 26.0 Å². The van der Waals surface area contributed by atoms with Gasteiger partial charge in [0.1, 0.15) is 5.75 Å². The molecule has 0 bridgehead atoms. The molecule has 0 unspecified atom stereocenters. The molecular formula is C20H22BrNO4S. The van der Waals surface area contributed by atoms with Crippen molar-refractivity contribution in [3.63, 3.8) is 0 Å². The van der Waals surface area contributed by atoms with Gasteiger partial charge in [0.05, 0.1) is 12.9 Å². The molecular weight excluding hydrogens is 430 g/mol. The number of carbonyl (C=O) groups is 2. The van der Waals surface area contributed by atoms with Crippen LogP contribution in [-0.2, 0) is 20.7 Å². The first-order valence-electron chi connectivity index (χ1n) is 8.42. The summed E-state index contributed by atoms with van der Waals surface area (Å²) in [6.45, 7) is 2.20. The lowest BCUT2D eigenvalue weighted by molar-refractivity contribution is -0.145. The van der Waals surface area contributed by atoms with Crippen molar-refractivity contribution in [2.45, 2.75) is 18.2 Å². The van der Waals surface area contributed by atoms with Gasteiger partial charge in [-0.15, -0.1) is 11.8 Å². The van der Waals surface area contributed by atoms with Crippen LogP contribution in [0.1, 0.15) is 11.1 Å². The second-order valence-corrected chi connectivity index (χ2v) is 7.74. The van der Waals surface area contributed by atoms with Crippen LogP contribution in [0, 0.1) is 6.92 Å². The minimum atomic E-state index is -0.410. The zero-order valence-corrected chi connectivity index (χ0v) is 17.7. The Morgan fingerprint density at radius 1 is 1.15 bits per heavy atom. The number of carbonyl (C=O) groups excluding carboxylic acids is 2. The standard InChI is InChI=1S/C20H22BrNO4S/c1-14-11-16(21)5-8-18(14)27-13-20(24)26-12-19(23)22-10-9-15-3-6-17(25-2)7-4-15/h3-8,11H,9-10,12-13H2,1-2H3,(H,22,23). The molecule has 0 atom stereocenters. The van der Waals surface area contributed by atoms with Crippen molar-refractivity contribution in [1.82, 2.24) is 5.32 Å². The molecule has 0 saturated carbocycles. The highest BCUT2D eigenvalue weighted by Crippen LogP contribution is 2.25. The average molecular weight is 452 g/mol. The van der Waals surface area contributed by atoms with E-state index in [2.05, 4.69) is 21.2 Å². The summed E-state index contributed by atoms with van der Waals surface area (Å²) in [4.78, 5) is 24.6. The molecule has 7 heteroatoms. The van der Waals surface area contributed by atoms with Crippen LogP contribution < -0.4 is 10.1 Å². The summed E-state index contributed by atoms with van der Waals surface area (Å²) in [6.07, 6.45) is 0.697. The van der Waals surface area contributed by atoms with Gasteiger partial charge in [-0.2, -0.15) is 0 Å². The van der Waals surface area contributed by atoms with E-state index in [0.717, 1.165) is 26.2 Å². The first-order chi connectivity index (χ1) is 13.0. The number of benzene rings is 2. The van der Waals surface area contributed by atoms with Crippen molar-refractivity contribution in [2.24, 2.45) is 0 Å². The zero-order valence-electron chi connectivity index (χ0n) is 15.3. The average Bonchev–Trinajstić information content (AvgIpc) is 2.66. The fraction of sp³-hybridized carbons (Fsp3) is 0.300. The second-order valence-electron chi connectivity index (χ2n) is 5.81. The number of halogens is 1. The van der Waals surface area contributed by atoms with Gasteiger partial charge in [0.2, 0.25) is 0 Å². The Bertz CT molecular complexity index is 780. The number of hydrogen-bond donors (Lipinski definition) is 1. The van der Waals surface area contributed by atoms with Crippen LogP contribution >= 0.6 is 27.7 Å². The molecule has 0 aromatic heterocycles. The Balaban J connectivity index is 1.63. The molecule has 0 spiro atoms. The summed E-state index contributed by atoms with van der Waals surface area (Å²) >= 11 is 4.80. The number of rotatable bonds is 9. The Labute approximate surface area is 171 Å². The van der Waals surface area contributed by atoms with Crippen molar-refractivity contribution in [1.29, 1.82) is 0 Å². The largest absolute Gasteiger partial charge is 0.497 e. The number of hydrogen-bond acceptors (Lipinski definition) is 5. The van der Waals surface area contributed by atoms with Gasteiger partial charge in [0, 0.05) is 15.9 Å². The molecule has 0 radical (unpaired) electrons. The first-order valence-corrected chi connectivity index (χ1v) is 10.2. The third kappa shape index (κ3) is 7.64. The molecule has 0 fully saturated rings. The fourth-order valence-corrected chi connectivity index (χ4v) is 3.57. The fourth-order valence-electron chi connectivity index (χ4n) is 2.29. The van der Waals surface area contributed by atoms with Crippen LogP contribution in [0.3, 0.4) is 0 Å². The smallest absolute Gasteiger partial charge is 0.316 e. The summed E-state index contributed by atoms with van der Waals surface area (Å²) in [5.74, 6) is 0.252. The number of amides is 1. The van der Waals surface area contributed by atoms with Crippen LogP contribution in [0.25, 0.3) is 0 Å². The topological polar surface area (TPSA) is 64.6 Å². The molecule has 0 aliphatic rings. The van der Waals surface area contributed by atoms with Crippen LogP contribution in [0.2, 0.25) is 0 Å². The maximum absolute atomic E-state index is 11.8. The molecule has 0 aliphatic carbocycles. The van der Waals surface area contributed by atoms with Gasteiger partial charge in [-0.1, -0.05) is 28.1 Å². The zero-order chi connectivity index (χ0) is 19.6. The number of methoxy groups -OCH3 is 1. The minimum Gasteiger partial charge on any atom is -0.497 e. The molecule has 0 aliphatic heterocycles. The van der Waals surface area contributed by atoms with E-state index in [1.165, 1.54) is 11.8 Å². The van der Waals surface area contributed by atoms with Crippen LogP contribution in [0.4, 0.5) is 0 Å². The highest BCUT2D eigenvalue weighted by molar-refractivity contribution is 9.10. The third-order valence-electron chi connectivity index (χ3n) is 3.74. The number of aryl methyl sites for hydroxylation is 1. The van der Waals surface area contributed by atoms with E-state index in [4.69, 9.17) is 9.47 Å². The number of thioether (sulfide) groups is 1. The highest BCUT2D eigenvalue weighted by Gasteiger charge is 2.09. The van der Waals surface area contributed by atoms with Crippen LogP contribution in [-0.4, -0.2) is 37.9 Å². The van der Waals surface area contributed by atoms with E-state index < -0.39 is 5.97 Å². The van der Waals surface area contributed by atoms with Crippen molar-refractivity contribution in [3.8, 4) is 5.75 Å². The third-order valence-corrected chi connectivity index (χ3v) is 5.38. The Morgan fingerprint density at radius 2 is 1.89 bits per heavy atom. The Kier molecular flexibility index (Phi) is 8.67. The normalized spacial score (nSPS) is 10.3. The van der Waals surface area contributed by atoms with Gasteiger partial charge in [0.25, 0.3) is 5.91 Å². The van der Waals surface area contributed by atoms with E-state index in [9.17, 15) is 9.59 Å². The monoisotopic (exact) mass is 451 g/mol. The highest BCUT2D eigenvalue weighted by atomic mass is 79.9. The predicted octanol–water partition coefficient (Wildman–Crippen LogP) is 3.76. The van der Waals surface area contributed by atoms with Gasteiger partial charge >= 0.3 is 5.97 Å². The maximum atomic E-state index is 11.8. The van der Waals surface area contributed by atoms with Gasteiger partial charge in [-0.3, -0.25) is 9.59 Å². The lowest BCUT2D eigenvalue weighted by Gasteiger charge is -2.08. The minimum absolute atomic E-state index is 0.168. The SMILES string of the molecule is COc1ccc(CCNC(=O)COC(=O)CSc2ccc(Br)cc2C)cc1. The lowest BCUT2D eigenvalue weighted by Crippen LogP contribution is -2.30. The molecule has 2 rings (SSSR count). The predicted molar refractivity (Wildman–Crippen MR) is 110 cm³/mol. The Morgan fingerprint density at radius 3 is 2.56 bits per heavy atom. The van der Waals surface area contributed by atoms with Gasteiger partial charge < -0.3 is 14.8 Å². The summed E-state index contributed by atoms with van der Waals surface area (Å²) in [5, 5.41) is 2.74. The first kappa shape index (κ1) is 21.3.